The van der Waals surface area contributed by atoms with Gasteiger partial charge in [-0.15, -0.1) is 11.3 Å². The molecule has 2 aliphatic rings. The summed E-state index contributed by atoms with van der Waals surface area (Å²) >= 11 is 1.49. The van der Waals surface area contributed by atoms with Gasteiger partial charge in [0.25, 0.3) is 11.7 Å². The lowest BCUT2D eigenvalue weighted by molar-refractivity contribution is -0.139. The Kier molecular flexibility index (Phi) is 5.32. The zero-order valence-corrected chi connectivity index (χ0v) is 17.3. The maximum absolute atomic E-state index is 12.9. The molecule has 0 saturated carbocycles. The summed E-state index contributed by atoms with van der Waals surface area (Å²) in [4.78, 5) is 28.2. The normalized spacial score (nSPS) is 20.3. The first-order valence-electron chi connectivity index (χ1n) is 9.75. The molecule has 1 amide bonds. The van der Waals surface area contributed by atoms with Crippen LogP contribution in [0.2, 0.25) is 0 Å². The van der Waals surface area contributed by atoms with Crippen LogP contribution in [0.25, 0.3) is 5.76 Å². The molecular formula is C22H23NO5S. The molecule has 0 spiro atoms. The topological polar surface area (TPSA) is 76.1 Å². The average molecular weight is 413 g/mol. The summed E-state index contributed by atoms with van der Waals surface area (Å²) in [6, 6.07) is 6.43. The van der Waals surface area contributed by atoms with E-state index in [9.17, 15) is 14.7 Å². The first-order valence-corrected chi connectivity index (χ1v) is 10.6. The number of aliphatic hydroxyl groups is 1. The number of ketones is 1. The molecule has 1 unspecified atom stereocenters. The summed E-state index contributed by atoms with van der Waals surface area (Å²) in [6.07, 6.45) is 1.69. The van der Waals surface area contributed by atoms with Crippen molar-refractivity contribution in [2.75, 3.05) is 19.8 Å². The number of benzene rings is 1. The number of Topliss-reactive ketones (excluding diaryl/α,β-unsaturated/α-hetero) is 1. The lowest BCUT2D eigenvalue weighted by Crippen LogP contribution is -2.30. The van der Waals surface area contributed by atoms with Gasteiger partial charge in [0, 0.05) is 17.0 Å². The zero-order valence-electron chi connectivity index (χ0n) is 16.4. The lowest BCUT2D eigenvalue weighted by Gasteiger charge is -2.25. The van der Waals surface area contributed by atoms with E-state index < -0.39 is 17.7 Å². The van der Waals surface area contributed by atoms with Crippen LogP contribution in [0.4, 0.5) is 0 Å². The zero-order chi connectivity index (χ0) is 20.5. The van der Waals surface area contributed by atoms with Gasteiger partial charge in [-0.05, 0) is 48.6 Å². The summed E-state index contributed by atoms with van der Waals surface area (Å²) < 4.78 is 11.1. The highest BCUT2D eigenvalue weighted by molar-refractivity contribution is 7.10. The van der Waals surface area contributed by atoms with E-state index in [1.165, 1.54) is 11.3 Å². The monoisotopic (exact) mass is 413 g/mol. The highest BCUT2D eigenvalue weighted by atomic mass is 32.1. The number of unbranched alkanes of at least 4 members (excludes halogenated alkanes) is 1. The van der Waals surface area contributed by atoms with Gasteiger partial charge in [-0.2, -0.15) is 0 Å². The molecule has 7 heteroatoms. The number of amides is 1. The molecule has 0 radical (unpaired) electrons. The number of rotatable bonds is 5. The van der Waals surface area contributed by atoms with E-state index in [2.05, 4.69) is 0 Å². The molecule has 29 heavy (non-hydrogen) atoms. The Labute approximate surface area is 173 Å². The smallest absolute Gasteiger partial charge is 0.295 e. The number of fused-ring (bicyclic) bond motifs is 1. The number of carbonyl (C=O) groups is 2. The van der Waals surface area contributed by atoms with Gasteiger partial charge >= 0.3 is 0 Å². The van der Waals surface area contributed by atoms with Gasteiger partial charge in [-0.1, -0.05) is 13.3 Å². The Balaban J connectivity index is 1.83. The molecule has 1 fully saturated rings. The van der Waals surface area contributed by atoms with Crippen molar-refractivity contribution < 1.29 is 24.2 Å². The lowest BCUT2D eigenvalue weighted by atomic mass is 9.98. The summed E-state index contributed by atoms with van der Waals surface area (Å²) in [5, 5.41) is 13.0. The van der Waals surface area contributed by atoms with Crippen molar-refractivity contribution in [2.45, 2.75) is 32.7 Å². The van der Waals surface area contributed by atoms with Gasteiger partial charge in [-0.3, -0.25) is 9.59 Å². The first-order chi connectivity index (χ1) is 14.0. The number of aryl methyl sites for hydroxylation is 1. The second-order valence-electron chi connectivity index (χ2n) is 7.17. The van der Waals surface area contributed by atoms with Crippen molar-refractivity contribution >= 4 is 28.8 Å². The van der Waals surface area contributed by atoms with E-state index in [-0.39, 0.29) is 11.3 Å². The van der Waals surface area contributed by atoms with Gasteiger partial charge in [0.2, 0.25) is 0 Å². The number of nitrogens with zero attached hydrogens (tertiary/aromatic N) is 1. The van der Waals surface area contributed by atoms with Crippen molar-refractivity contribution in [2.24, 2.45) is 0 Å². The van der Waals surface area contributed by atoms with Crippen molar-refractivity contribution in [1.29, 1.82) is 0 Å². The fourth-order valence-electron chi connectivity index (χ4n) is 3.72. The van der Waals surface area contributed by atoms with Crippen LogP contribution in [0.15, 0.2) is 35.2 Å². The molecule has 0 aliphatic carbocycles. The highest BCUT2D eigenvalue weighted by Crippen LogP contribution is 2.43. The second kappa shape index (κ2) is 7.91. The van der Waals surface area contributed by atoms with Crippen LogP contribution in [0.3, 0.4) is 0 Å². The van der Waals surface area contributed by atoms with Gasteiger partial charge < -0.3 is 19.5 Å². The Morgan fingerprint density at radius 1 is 1.21 bits per heavy atom. The fraction of sp³-hybridized carbons (Fsp3) is 0.364. The molecule has 152 valence electrons. The number of aliphatic hydroxyl groups excluding tert-OH is 1. The molecule has 0 bridgehead atoms. The average Bonchev–Trinajstić information content (AvgIpc) is 3.26. The van der Waals surface area contributed by atoms with Crippen LogP contribution >= 0.6 is 11.3 Å². The Hall–Kier alpha value is -2.80. The molecule has 1 atom stereocenters. The van der Waals surface area contributed by atoms with Crippen LogP contribution in [0, 0.1) is 6.92 Å². The largest absolute Gasteiger partial charge is 0.507 e. The van der Waals surface area contributed by atoms with E-state index in [1.54, 1.807) is 23.1 Å². The summed E-state index contributed by atoms with van der Waals surface area (Å²) in [7, 11) is 0. The van der Waals surface area contributed by atoms with Crippen molar-refractivity contribution in [1.82, 2.24) is 4.90 Å². The molecule has 1 saturated heterocycles. The fourth-order valence-corrected chi connectivity index (χ4v) is 4.77. The number of carbonyl (C=O) groups excluding carboxylic acids is 2. The van der Waals surface area contributed by atoms with E-state index in [1.807, 2.05) is 25.3 Å². The van der Waals surface area contributed by atoms with Gasteiger partial charge in [-0.25, -0.2) is 0 Å². The number of thiophene rings is 1. The molecule has 6 nitrogen and oxygen atoms in total. The molecule has 1 aromatic carbocycles. The molecule has 4 rings (SSSR count). The second-order valence-corrected chi connectivity index (χ2v) is 8.12. The Morgan fingerprint density at radius 2 is 1.97 bits per heavy atom. The number of hydrogen-bond donors (Lipinski definition) is 1. The van der Waals surface area contributed by atoms with Crippen LogP contribution < -0.4 is 9.47 Å². The summed E-state index contributed by atoms with van der Waals surface area (Å²) in [5.41, 5.74) is 1.56. The number of hydrogen-bond acceptors (Lipinski definition) is 6. The highest BCUT2D eigenvalue weighted by Gasteiger charge is 2.46. The maximum atomic E-state index is 12.9. The minimum Gasteiger partial charge on any atom is -0.507 e. The van der Waals surface area contributed by atoms with E-state index in [0.717, 1.165) is 23.3 Å². The van der Waals surface area contributed by atoms with Crippen molar-refractivity contribution in [3.8, 4) is 11.5 Å². The molecule has 1 aromatic heterocycles. The summed E-state index contributed by atoms with van der Waals surface area (Å²) in [5.74, 6) is -0.273. The maximum Gasteiger partial charge on any atom is 0.295 e. The third kappa shape index (κ3) is 3.40. The molecule has 3 heterocycles. The van der Waals surface area contributed by atoms with E-state index in [0.29, 0.717) is 36.8 Å². The minimum absolute atomic E-state index is 0.133. The van der Waals surface area contributed by atoms with Crippen LogP contribution in [0.1, 0.15) is 41.8 Å². The molecule has 2 aliphatic heterocycles. The third-order valence-electron chi connectivity index (χ3n) is 5.26. The van der Waals surface area contributed by atoms with Gasteiger partial charge in [0.1, 0.15) is 19.0 Å². The number of likely N-dealkylation sites (tertiary alicyclic amines) is 1. The molecular weight excluding hydrogens is 390 g/mol. The predicted octanol–water partition coefficient (Wildman–Crippen LogP) is 4.05. The predicted molar refractivity (Wildman–Crippen MR) is 110 cm³/mol. The molecule has 2 aromatic rings. The van der Waals surface area contributed by atoms with Crippen LogP contribution in [-0.2, 0) is 9.59 Å². The van der Waals surface area contributed by atoms with Gasteiger partial charge in [0.15, 0.2) is 11.5 Å². The third-order valence-corrected chi connectivity index (χ3v) is 6.33. The quantitative estimate of drug-likeness (QED) is 0.455. The Morgan fingerprint density at radius 3 is 2.66 bits per heavy atom. The van der Waals surface area contributed by atoms with E-state index in [4.69, 9.17) is 9.47 Å². The number of ether oxygens (including phenoxy) is 2. The van der Waals surface area contributed by atoms with Crippen molar-refractivity contribution in [3.63, 3.8) is 0 Å². The summed E-state index contributed by atoms with van der Waals surface area (Å²) in [6.45, 7) is 5.36. The Bertz CT molecular complexity index is 993. The minimum atomic E-state index is -0.647. The van der Waals surface area contributed by atoms with Crippen LogP contribution in [0.5, 0.6) is 11.5 Å². The SMILES string of the molecule is CCCCN1C(=O)C(=O)/C(=C(\O)c2ccc3c(c2)OCCO3)C1c1sccc1C. The first kappa shape index (κ1) is 19.5. The van der Waals surface area contributed by atoms with Crippen molar-refractivity contribution in [3.05, 3.63) is 51.2 Å². The van der Waals surface area contributed by atoms with Crippen LogP contribution in [-0.4, -0.2) is 41.5 Å². The van der Waals surface area contributed by atoms with E-state index >= 15 is 0 Å². The standard InChI is InChI=1S/C22H23NO5S/c1-3-4-8-23-18(21-13(2)7-11-29-21)17(20(25)22(23)26)19(24)14-5-6-15-16(12-14)28-10-9-27-15/h5-7,11-12,18,24H,3-4,8-10H2,1-2H3/b19-17-. The molecule has 1 N–H and O–H groups in total. The van der Waals surface area contributed by atoms with Gasteiger partial charge in [0.05, 0.1) is 11.6 Å².